The number of aryl methyl sites for hydroxylation is 2. The minimum Gasteiger partial charge on any atom is -0.371 e. The Morgan fingerprint density at radius 3 is 2.39 bits per heavy atom. The molecule has 2 amide bonds. The van der Waals surface area contributed by atoms with Crippen molar-refractivity contribution in [3.8, 4) is 5.69 Å². The second-order valence-electron chi connectivity index (χ2n) is 9.80. The maximum absolute atomic E-state index is 13.5. The lowest BCUT2D eigenvalue weighted by atomic mass is 9.93. The number of carbonyl (C=O) groups is 2. The maximum atomic E-state index is 13.5. The largest absolute Gasteiger partial charge is 0.371 e. The predicted molar refractivity (Wildman–Crippen MR) is 149 cm³/mol. The Morgan fingerprint density at radius 2 is 1.66 bits per heavy atom. The number of nitrogens with zero attached hydrogens (tertiary/aromatic N) is 4. The molecule has 1 saturated heterocycles. The molecule has 6 rings (SSSR count). The summed E-state index contributed by atoms with van der Waals surface area (Å²) < 4.78 is 1.36. The Kier molecular flexibility index (Phi) is 5.91. The van der Waals surface area contributed by atoms with E-state index in [1.165, 1.54) is 17.3 Å². The highest BCUT2D eigenvalue weighted by Crippen LogP contribution is 2.37. The van der Waals surface area contributed by atoms with Gasteiger partial charge in [-0.25, -0.2) is 4.68 Å². The number of halogens is 1. The molecule has 1 fully saturated rings. The molecule has 192 valence electrons. The highest BCUT2D eigenvalue weighted by molar-refractivity contribution is 6.31. The third-order valence-corrected chi connectivity index (χ3v) is 7.80. The summed E-state index contributed by atoms with van der Waals surface area (Å²) in [7, 11) is 0. The van der Waals surface area contributed by atoms with Gasteiger partial charge in [0.05, 0.1) is 28.6 Å². The monoisotopic (exact) mass is 527 g/mol. The summed E-state index contributed by atoms with van der Waals surface area (Å²) in [5.74, 6) is -1.03. The molecule has 0 radical (unpaired) electrons. The molecule has 0 aliphatic carbocycles. The average molecular weight is 528 g/mol. The first-order chi connectivity index (χ1) is 18.3. The van der Waals surface area contributed by atoms with Crippen molar-refractivity contribution in [1.82, 2.24) is 14.8 Å². The number of hydrazone groups is 1. The second kappa shape index (κ2) is 9.29. The van der Waals surface area contributed by atoms with E-state index in [-0.39, 0.29) is 11.1 Å². The lowest BCUT2D eigenvalue weighted by Crippen LogP contribution is -2.37. The van der Waals surface area contributed by atoms with E-state index >= 15 is 0 Å². The van der Waals surface area contributed by atoms with Gasteiger partial charge in [-0.1, -0.05) is 29.8 Å². The van der Waals surface area contributed by atoms with Crippen LogP contribution in [-0.4, -0.2) is 45.9 Å². The van der Waals surface area contributed by atoms with Crippen LogP contribution in [0, 0.1) is 13.8 Å². The Labute approximate surface area is 224 Å². The van der Waals surface area contributed by atoms with Crippen LogP contribution in [0.5, 0.6) is 0 Å². The highest BCUT2D eigenvalue weighted by Gasteiger charge is 2.34. The van der Waals surface area contributed by atoms with E-state index in [9.17, 15) is 14.4 Å². The summed E-state index contributed by atoms with van der Waals surface area (Å²) in [6, 6.07) is 14.6. The van der Waals surface area contributed by atoms with Gasteiger partial charge in [0.1, 0.15) is 0 Å². The van der Waals surface area contributed by atoms with E-state index in [0.29, 0.717) is 32.9 Å². The first kappa shape index (κ1) is 24.2. The zero-order valence-corrected chi connectivity index (χ0v) is 21.9. The van der Waals surface area contributed by atoms with Gasteiger partial charge in [0, 0.05) is 40.3 Å². The van der Waals surface area contributed by atoms with Crippen LogP contribution in [0.2, 0.25) is 5.02 Å². The lowest BCUT2D eigenvalue weighted by Gasteiger charge is -2.31. The number of nitrogens with one attached hydrogen (secondary N) is 1. The minimum absolute atomic E-state index is 0.242. The topological polar surface area (TPSA) is 90.8 Å². The van der Waals surface area contributed by atoms with E-state index in [4.69, 9.17) is 11.6 Å². The molecule has 0 saturated carbocycles. The van der Waals surface area contributed by atoms with Crippen LogP contribution in [0.3, 0.4) is 0 Å². The summed E-state index contributed by atoms with van der Waals surface area (Å²) in [5.41, 5.74) is 3.78. The van der Waals surface area contributed by atoms with Gasteiger partial charge in [-0.15, -0.1) is 0 Å². The zero-order valence-electron chi connectivity index (χ0n) is 21.1. The van der Waals surface area contributed by atoms with E-state index in [2.05, 4.69) is 15.1 Å². The number of rotatable bonds is 4. The average Bonchev–Trinajstić information content (AvgIpc) is 3.21. The number of hydrogen-bond acceptors (Lipinski definition) is 5. The molecular formula is C29H26ClN5O3. The number of carbonyl (C=O) groups excluding carboxylic acids is 2. The standard InChI is InChI=1S/C29H26ClN5O3/c1-17-9-10-19(15-24(17)30)34-29(38)23(18(2)32-34)16-31-35-27(36)21-8-6-7-20-25(33-13-4-3-5-14-33)12-11-22(26(20)21)28(35)37/h6-12,15-16,32H,3-5,13-14H2,1-2H3. The van der Waals surface area contributed by atoms with Crippen LogP contribution in [0.1, 0.15) is 56.8 Å². The van der Waals surface area contributed by atoms with Crippen molar-refractivity contribution < 1.29 is 9.59 Å². The Bertz CT molecular complexity index is 1690. The fraction of sp³-hybridized carbons (Fsp3) is 0.241. The van der Waals surface area contributed by atoms with Gasteiger partial charge < -0.3 is 4.90 Å². The molecule has 2 aliphatic rings. The van der Waals surface area contributed by atoms with Crippen molar-refractivity contribution in [2.75, 3.05) is 18.0 Å². The van der Waals surface area contributed by atoms with Crippen LogP contribution >= 0.6 is 11.6 Å². The summed E-state index contributed by atoms with van der Waals surface area (Å²) >= 11 is 6.25. The van der Waals surface area contributed by atoms with Crippen molar-refractivity contribution in [3.63, 3.8) is 0 Å². The SMILES string of the molecule is Cc1ccc(-n2[nH]c(C)c(C=NN3C(=O)c4cccc5c(N6CCCCC6)ccc(c45)C3=O)c2=O)cc1Cl. The number of hydrogen-bond donors (Lipinski definition) is 1. The molecule has 2 aliphatic heterocycles. The molecule has 1 aromatic heterocycles. The number of H-pyrrole nitrogens is 1. The van der Waals surface area contributed by atoms with Gasteiger partial charge in [0.25, 0.3) is 17.4 Å². The van der Waals surface area contributed by atoms with Gasteiger partial charge in [-0.2, -0.15) is 10.1 Å². The zero-order chi connectivity index (χ0) is 26.6. The number of piperidine rings is 1. The number of aromatic amines is 1. The van der Waals surface area contributed by atoms with Gasteiger partial charge in [0.15, 0.2) is 0 Å². The summed E-state index contributed by atoms with van der Waals surface area (Å²) in [4.78, 5) is 42.4. The summed E-state index contributed by atoms with van der Waals surface area (Å²) in [6.45, 7) is 5.53. The van der Waals surface area contributed by atoms with Gasteiger partial charge in [0.2, 0.25) is 0 Å². The molecule has 3 aromatic carbocycles. The second-order valence-corrected chi connectivity index (χ2v) is 10.2. The fourth-order valence-corrected chi connectivity index (χ4v) is 5.49. The molecule has 0 atom stereocenters. The van der Waals surface area contributed by atoms with E-state index in [0.717, 1.165) is 47.6 Å². The van der Waals surface area contributed by atoms with Crippen molar-refractivity contribution in [1.29, 1.82) is 0 Å². The Hall–Kier alpha value is -4.17. The number of aromatic nitrogens is 2. The van der Waals surface area contributed by atoms with Gasteiger partial charge >= 0.3 is 0 Å². The van der Waals surface area contributed by atoms with Crippen LogP contribution in [0.25, 0.3) is 16.5 Å². The van der Waals surface area contributed by atoms with Crippen molar-refractivity contribution in [2.45, 2.75) is 33.1 Å². The summed E-state index contributed by atoms with van der Waals surface area (Å²) in [5, 5.41) is 10.2. The molecule has 1 N–H and O–H groups in total. The molecule has 0 spiro atoms. The number of amides is 2. The molecule has 0 bridgehead atoms. The van der Waals surface area contributed by atoms with Gasteiger partial charge in [-0.05, 0) is 69.0 Å². The smallest absolute Gasteiger partial charge is 0.282 e. The third kappa shape index (κ3) is 3.83. The summed E-state index contributed by atoms with van der Waals surface area (Å²) in [6.07, 6.45) is 4.73. The van der Waals surface area contributed by atoms with Crippen LogP contribution < -0.4 is 10.5 Å². The number of imide groups is 1. The Balaban J connectivity index is 1.37. The molecule has 3 heterocycles. The normalized spacial score (nSPS) is 15.8. The number of anilines is 1. The first-order valence-corrected chi connectivity index (χ1v) is 13.0. The highest BCUT2D eigenvalue weighted by atomic mass is 35.5. The van der Waals surface area contributed by atoms with Gasteiger partial charge in [-0.3, -0.25) is 19.5 Å². The maximum Gasteiger partial charge on any atom is 0.282 e. The fourth-order valence-electron chi connectivity index (χ4n) is 5.31. The molecule has 8 nitrogen and oxygen atoms in total. The van der Waals surface area contributed by atoms with E-state index < -0.39 is 11.8 Å². The van der Waals surface area contributed by atoms with Crippen LogP contribution in [-0.2, 0) is 0 Å². The molecule has 0 unspecified atom stereocenters. The van der Waals surface area contributed by atoms with Crippen LogP contribution in [0.4, 0.5) is 5.69 Å². The van der Waals surface area contributed by atoms with Crippen molar-refractivity contribution >= 4 is 46.1 Å². The molecular weight excluding hydrogens is 502 g/mol. The number of benzene rings is 3. The van der Waals surface area contributed by atoms with Crippen molar-refractivity contribution in [3.05, 3.63) is 91.9 Å². The van der Waals surface area contributed by atoms with Crippen molar-refractivity contribution in [2.24, 2.45) is 5.10 Å². The molecule has 4 aromatic rings. The van der Waals surface area contributed by atoms with E-state index in [1.54, 1.807) is 31.2 Å². The molecule has 9 heteroatoms. The third-order valence-electron chi connectivity index (χ3n) is 7.39. The van der Waals surface area contributed by atoms with Crippen LogP contribution in [0.15, 0.2) is 58.4 Å². The Morgan fingerprint density at radius 1 is 0.921 bits per heavy atom. The molecule has 38 heavy (non-hydrogen) atoms. The van der Waals surface area contributed by atoms with E-state index in [1.807, 2.05) is 31.2 Å². The first-order valence-electron chi connectivity index (χ1n) is 12.7. The quantitative estimate of drug-likeness (QED) is 0.291. The predicted octanol–water partition coefficient (Wildman–Crippen LogP) is 5.21. The minimum atomic E-state index is -0.515. The lowest BCUT2D eigenvalue weighted by molar-refractivity contribution is 0.0616.